The van der Waals surface area contributed by atoms with Crippen molar-refractivity contribution >= 4 is 38.6 Å². The molecule has 70 heavy (non-hydrogen) atoms. The molecule has 2 amide bonds. The Morgan fingerprint density at radius 2 is 1.37 bits per heavy atom. The number of hydrogen-bond donors (Lipinski definition) is 5. The fraction of sp³-hybridized carbons (Fsp3) is 0.620. The van der Waals surface area contributed by atoms with Gasteiger partial charge in [0.2, 0.25) is 5.91 Å². The number of nitrogens with one attached hydrogen (secondary N) is 3. The molecule has 4 rings (SSSR count). The summed E-state index contributed by atoms with van der Waals surface area (Å²) < 4.78 is 39.1. The second-order valence-electron chi connectivity index (χ2n) is 21.1. The van der Waals surface area contributed by atoms with Gasteiger partial charge in [0, 0.05) is 28.3 Å². The molecule has 5 N–H and O–H groups in total. The first-order valence-corrected chi connectivity index (χ1v) is 28.1. The lowest BCUT2D eigenvalue weighted by Gasteiger charge is -2.50. The standard InChI is InChI=1S/C50H79N5O13S2/c1-32(56)37(53-46(61)64-31-34-20-17-16-18-21-34)43(59)52-28-19-27-51-38(45(60)66-48(2,3)4)39(58)40-41(67-69(12,13)49(5,6)7)42(68-70(14,15)50(8,9)10)44(65-40)54-29-26-36(57)55(47(54)62)30-33-22-24-35(63-11)25-23-33/h16-18,20-26,29,32,37-42,44,51,56,58H,19,27-28,30-31H2,1-15H3,(H,52,59)(H,53,61)/t32?,37-,38-,39+,40?,41+,42+,44+/m0/s1. The summed E-state index contributed by atoms with van der Waals surface area (Å²) in [6.07, 6.45) is 1.02. The predicted molar refractivity (Wildman–Crippen MR) is 276 cm³/mol. The Kier molecular flexibility index (Phi) is 19.8. The number of amides is 2. The van der Waals surface area contributed by atoms with Gasteiger partial charge >= 0.3 is 17.8 Å². The number of nitrogens with zero attached hydrogens (tertiary/aromatic N) is 2. The number of hydrogen-bond acceptors (Lipinski definition) is 14. The zero-order valence-electron chi connectivity index (χ0n) is 43.6. The summed E-state index contributed by atoms with van der Waals surface area (Å²) in [5.41, 5.74) is -0.789. The van der Waals surface area contributed by atoms with Crippen LogP contribution in [0.25, 0.3) is 0 Å². The maximum atomic E-state index is 14.6. The molecule has 0 spiro atoms. The van der Waals surface area contributed by atoms with Crippen molar-refractivity contribution in [3.63, 3.8) is 0 Å². The number of carbonyl (C=O) groups is 3. The fourth-order valence-electron chi connectivity index (χ4n) is 6.87. The molecule has 1 fully saturated rings. The van der Waals surface area contributed by atoms with Gasteiger partial charge in [0.25, 0.3) is 5.56 Å². The van der Waals surface area contributed by atoms with E-state index in [2.05, 4.69) is 16.0 Å². The summed E-state index contributed by atoms with van der Waals surface area (Å²) in [4.78, 5) is 68.1. The summed E-state index contributed by atoms with van der Waals surface area (Å²) in [5, 5.41) is 31.3. The van der Waals surface area contributed by atoms with Gasteiger partial charge in [-0.15, -0.1) is 20.6 Å². The first-order valence-electron chi connectivity index (χ1n) is 23.4. The third-order valence-corrected chi connectivity index (χ3v) is 19.7. The lowest BCUT2D eigenvalue weighted by Crippen LogP contribution is -2.57. The van der Waals surface area contributed by atoms with E-state index in [0.717, 1.165) is 10.1 Å². The van der Waals surface area contributed by atoms with E-state index in [0.29, 0.717) is 11.3 Å². The molecule has 1 aliphatic heterocycles. The monoisotopic (exact) mass is 1020 g/mol. The number of ether oxygens (including phenoxy) is 4. The normalized spacial score (nSPS) is 20.1. The van der Waals surface area contributed by atoms with Crippen LogP contribution in [0.3, 0.4) is 0 Å². The molecule has 20 heteroatoms. The van der Waals surface area contributed by atoms with Gasteiger partial charge in [-0.2, -0.15) is 0 Å². The van der Waals surface area contributed by atoms with Crippen molar-refractivity contribution in [3.05, 3.63) is 98.8 Å². The molecule has 1 saturated heterocycles. The van der Waals surface area contributed by atoms with Crippen molar-refractivity contribution in [1.29, 1.82) is 0 Å². The molecule has 394 valence electrons. The molecule has 2 aromatic carbocycles. The van der Waals surface area contributed by atoms with E-state index < -0.39 is 114 Å². The third-order valence-electron chi connectivity index (χ3n) is 12.4. The van der Waals surface area contributed by atoms with E-state index in [4.69, 9.17) is 27.3 Å². The molecule has 1 aromatic heterocycles. The Hall–Kier alpha value is -4.41. The number of alkyl carbamates (subject to hydrolysis) is 1. The zero-order valence-corrected chi connectivity index (χ0v) is 45.2. The van der Waals surface area contributed by atoms with Gasteiger partial charge in [0.15, 0.2) is 6.23 Å². The minimum atomic E-state index is -2.04. The molecular weight excluding hydrogens is 943 g/mol. The molecule has 3 aromatic rings. The second-order valence-corrected chi connectivity index (χ2v) is 28.9. The van der Waals surface area contributed by atoms with Crippen molar-refractivity contribution in [2.24, 2.45) is 0 Å². The van der Waals surface area contributed by atoms with Gasteiger partial charge in [-0.1, -0.05) is 84.0 Å². The van der Waals surface area contributed by atoms with Gasteiger partial charge in [-0.3, -0.25) is 23.5 Å². The van der Waals surface area contributed by atoms with Crippen LogP contribution in [0.15, 0.2) is 76.4 Å². The Labute approximate surface area is 416 Å². The van der Waals surface area contributed by atoms with Crippen LogP contribution in [0.5, 0.6) is 5.75 Å². The smallest absolute Gasteiger partial charge is 0.408 e. The molecule has 1 aliphatic rings. The van der Waals surface area contributed by atoms with E-state index in [9.17, 15) is 34.2 Å². The number of carbonyl (C=O) groups excluding carboxylic acids is 3. The zero-order chi connectivity index (χ0) is 52.6. The summed E-state index contributed by atoms with van der Waals surface area (Å²) in [6.45, 7) is 18.8. The van der Waals surface area contributed by atoms with E-state index in [-0.39, 0.29) is 32.7 Å². The predicted octanol–water partition coefficient (Wildman–Crippen LogP) is 5.13. The molecule has 0 aliphatic carbocycles. The van der Waals surface area contributed by atoms with Crippen LogP contribution in [-0.4, -0.2) is 140 Å². The van der Waals surface area contributed by atoms with Crippen LogP contribution in [-0.2, 0) is 45.3 Å². The first-order chi connectivity index (χ1) is 32.4. The van der Waals surface area contributed by atoms with E-state index in [1.807, 2.05) is 72.6 Å². The number of methoxy groups -OCH3 is 1. The highest BCUT2D eigenvalue weighted by Crippen LogP contribution is 2.60. The van der Waals surface area contributed by atoms with E-state index in [1.54, 1.807) is 76.4 Å². The number of benzene rings is 2. The van der Waals surface area contributed by atoms with Gasteiger partial charge < -0.3 is 53.5 Å². The summed E-state index contributed by atoms with van der Waals surface area (Å²) in [6, 6.07) is 14.5. The minimum Gasteiger partial charge on any atom is -0.497 e. The van der Waals surface area contributed by atoms with Gasteiger partial charge in [-0.25, -0.2) is 9.59 Å². The fourth-order valence-corrected chi connectivity index (χ4v) is 8.98. The number of aliphatic hydroxyl groups is 2. The van der Waals surface area contributed by atoms with Crippen LogP contribution < -0.4 is 31.9 Å². The van der Waals surface area contributed by atoms with Crippen LogP contribution in [0.2, 0.25) is 0 Å². The van der Waals surface area contributed by atoms with Crippen molar-refractivity contribution in [2.45, 2.75) is 153 Å². The van der Waals surface area contributed by atoms with E-state index in [1.165, 1.54) is 23.8 Å². The molecule has 2 heterocycles. The number of esters is 1. The quantitative estimate of drug-likeness (QED) is 0.0689. The van der Waals surface area contributed by atoms with Gasteiger partial charge in [-0.05, 0) is 88.9 Å². The van der Waals surface area contributed by atoms with E-state index >= 15 is 0 Å². The Morgan fingerprint density at radius 1 is 0.786 bits per heavy atom. The highest BCUT2D eigenvalue weighted by atomic mass is 32.3. The van der Waals surface area contributed by atoms with Crippen molar-refractivity contribution in [2.75, 3.05) is 45.2 Å². The summed E-state index contributed by atoms with van der Waals surface area (Å²) >= 11 is 0. The van der Waals surface area contributed by atoms with Crippen LogP contribution >= 0.6 is 20.6 Å². The molecule has 0 saturated carbocycles. The van der Waals surface area contributed by atoms with Gasteiger partial charge in [0.05, 0.1) is 19.8 Å². The van der Waals surface area contributed by atoms with Crippen molar-refractivity contribution in [3.8, 4) is 5.75 Å². The molecular formula is C50H79N5O13S2. The number of aliphatic hydroxyl groups excluding tert-OH is 2. The Balaban J connectivity index is 1.69. The lowest BCUT2D eigenvalue weighted by atomic mass is 9.99. The average molecular weight is 1020 g/mol. The highest BCUT2D eigenvalue weighted by Gasteiger charge is 2.57. The summed E-state index contributed by atoms with van der Waals surface area (Å²) in [5.74, 6) is -0.851. The van der Waals surface area contributed by atoms with Crippen LogP contribution in [0.4, 0.5) is 4.79 Å². The SMILES string of the molecule is COc1ccc(Cn2c(=O)ccn([C@@H]3OC([C@H](O)[C@H](NCCCNC(=O)[C@@H](NC(=O)OCc4ccccc4)C(C)O)C(=O)OC(C)(C)C)[C@@H](OS(C)(C)C(C)(C)C)[C@H]3OS(C)(C)C(C)(C)C)c2=O)cc1. The molecule has 8 atom stereocenters. The maximum Gasteiger partial charge on any atom is 0.408 e. The molecule has 18 nitrogen and oxygen atoms in total. The second kappa shape index (κ2) is 23.9. The third kappa shape index (κ3) is 15.5. The van der Waals surface area contributed by atoms with Crippen LogP contribution in [0.1, 0.15) is 93.0 Å². The number of aromatic nitrogens is 2. The Morgan fingerprint density at radius 3 is 1.91 bits per heavy atom. The lowest BCUT2D eigenvalue weighted by molar-refractivity contribution is -0.166. The topological polar surface area (TPSA) is 227 Å². The van der Waals surface area contributed by atoms with Crippen molar-refractivity contribution < 1.29 is 51.9 Å². The molecule has 0 radical (unpaired) electrons. The number of rotatable bonds is 21. The first kappa shape index (κ1) is 58.2. The maximum absolute atomic E-state index is 14.6. The van der Waals surface area contributed by atoms with Crippen LogP contribution in [0, 0.1) is 0 Å². The Bertz CT molecular complexity index is 2320. The molecule has 0 bridgehead atoms. The highest BCUT2D eigenvalue weighted by molar-refractivity contribution is 8.30. The largest absolute Gasteiger partial charge is 0.497 e. The van der Waals surface area contributed by atoms with Crippen molar-refractivity contribution in [1.82, 2.24) is 25.1 Å². The summed E-state index contributed by atoms with van der Waals surface area (Å²) in [7, 11) is -2.51. The average Bonchev–Trinajstić information content (AvgIpc) is 3.58. The van der Waals surface area contributed by atoms with Gasteiger partial charge in [0.1, 0.15) is 54.5 Å². The minimum absolute atomic E-state index is 0.0336. The molecule has 2 unspecified atom stereocenters.